The Balaban J connectivity index is 0.00000320. The first-order chi connectivity index (χ1) is 14.1. The lowest BCUT2D eigenvalue weighted by molar-refractivity contribution is 0.212. The quantitative estimate of drug-likeness (QED) is 0.196. The van der Waals surface area contributed by atoms with Crippen LogP contribution in [-0.2, 0) is 6.54 Å². The van der Waals surface area contributed by atoms with Gasteiger partial charge in [0.2, 0.25) is 5.88 Å². The van der Waals surface area contributed by atoms with Crippen molar-refractivity contribution in [1.29, 1.82) is 0 Å². The number of pyridine rings is 1. The predicted octanol–water partition coefficient (Wildman–Crippen LogP) is 4.70. The van der Waals surface area contributed by atoms with Crippen molar-refractivity contribution in [3.8, 4) is 11.6 Å². The van der Waals surface area contributed by atoms with E-state index in [9.17, 15) is 0 Å². The van der Waals surface area contributed by atoms with Crippen molar-refractivity contribution in [2.45, 2.75) is 20.4 Å². The number of aromatic nitrogens is 1. The molecule has 0 aliphatic rings. The molecule has 3 rings (SSSR count). The molecule has 0 aliphatic carbocycles. The number of ether oxygens (including phenoxy) is 2. The molecule has 0 saturated carbocycles. The van der Waals surface area contributed by atoms with Gasteiger partial charge in [0.25, 0.3) is 0 Å². The van der Waals surface area contributed by atoms with Gasteiger partial charge in [-0.3, -0.25) is 0 Å². The number of guanidine groups is 1. The Hall–Kier alpha value is -2.81. The van der Waals surface area contributed by atoms with Crippen LogP contribution in [0.3, 0.4) is 0 Å². The Morgan fingerprint density at radius 2 is 1.73 bits per heavy atom. The monoisotopic (exact) mass is 518 g/mol. The van der Waals surface area contributed by atoms with Gasteiger partial charge in [-0.2, -0.15) is 0 Å². The Kier molecular flexibility index (Phi) is 9.40. The van der Waals surface area contributed by atoms with Gasteiger partial charge in [-0.15, -0.1) is 24.0 Å². The molecule has 3 N–H and O–H groups in total. The molecular formula is C23H27IN4O2. The van der Waals surface area contributed by atoms with E-state index in [2.05, 4.69) is 35.2 Å². The largest absolute Gasteiger partial charge is 0.490 e. The van der Waals surface area contributed by atoms with E-state index in [-0.39, 0.29) is 24.0 Å². The Morgan fingerprint density at radius 3 is 2.43 bits per heavy atom. The number of para-hydroxylation sites is 1. The summed E-state index contributed by atoms with van der Waals surface area (Å²) >= 11 is 0. The predicted molar refractivity (Wildman–Crippen MR) is 132 cm³/mol. The highest BCUT2D eigenvalue weighted by atomic mass is 127. The van der Waals surface area contributed by atoms with Crippen molar-refractivity contribution in [1.82, 2.24) is 4.98 Å². The Labute approximate surface area is 194 Å². The van der Waals surface area contributed by atoms with Crippen molar-refractivity contribution < 1.29 is 9.47 Å². The molecule has 0 unspecified atom stereocenters. The maximum Gasteiger partial charge on any atom is 0.213 e. The van der Waals surface area contributed by atoms with Gasteiger partial charge in [0.05, 0.1) is 6.54 Å². The van der Waals surface area contributed by atoms with Crippen LogP contribution in [-0.4, -0.2) is 24.2 Å². The van der Waals surface area contributed by atoms with E-state index in [0.717, 1.165) is 17.0 Å². The van der Waals surface area contributed by atoms with Crippen LogP contribution in [0.15, 0.2) is 71.9 Å². The highest BCUT2D eigenvalue weighted by Crippen LogP contribution is 2.14. The highest BCUT2D eigenvalue weighted by molar-refractivity contribution is 14.0. The van der Waals surface area contributed by atoms with E-state index in [1.54, 1.807) is 6.20 Å². The smallest absolute Gasteiger partial charge is 0.213 e. The molecule has 2 aromatic carbocycles. The fourth-order valence-corrected chi connectivity index (χ4v) is 2.60. The summed E-state index contributed by atoms with van der Waals surface area (Å²) in [6.45, 7) is 5.46. The molecule has 3 aromatic rings. The first-order valence-electron chi connectivity index (χ1n) is 9.50. The number of aliphatic imine (C=N–C) groups is 1. The lowest BCUT2D eigenvalue weighted by Crippen LogP contribution is -2.22. The number of anilines is 1. The number of benzene rings is 2. The van der Waals surface area contributed by atoms with Crippen LogP contribution >= 0.6 is 24.0 Å². The van der Waals surface area contributed by atoms with Crippen molar-refractivity contribution in [2.75, 3.05) is 18.5 Å². The average Bonchev–Trinajstić information content (AvgIpc) is 2.74. The lowest BCUT2D eigenvalue weighted by atomic mass is 10.1. The van der Waals surface area contributed by atoms with Crippen LogP contribution in [0.25, 0.3) is 0 Å². The summed E-state index contributed by atoms with van der Waals surface area (Å²) in [5.41, 5.74) is 10.3. The molecule has 6 nitrogen and oxygen atoms in total. The summed E-state index contributed by atoms with van der Waals surface area (Å²) in [4.78, 5) is 8.66. The zero-order valence-corrected chi connectivity index (χ0v) is 19.5. The number of nitrogens with one attached hydrogen (secondary N) is 1. The first-order valence-corrected chi connectivity index (χ1v) is 9.50. The molecule has 0 radical (unpaired) electrons. The topological polar surface area (TPSA) is 81.8 Å². The van der Waals surface area contributed by atoms with Crippen molar-refractivity contribution >= 4 is 35.6 Å². The van der Waals surface area contributed by atoms with Crippen LogP contribution < -0.4 is 20.5 Å². The van der Waals surface area contributed by atoms with Crippen molar-refractivity contribution in [2.24, 2.45) is 10.7 Å². The minimum Gasteiger partial charge on any atom is -0.490 e. The van der Waals surface area contributed by atoms with Gasteiger partial charge in [-0.1, -0.05) is 30.3 Å². The maximum atomic E-state index is 5.98. The SMILES string of the molecule is Cc1ccc(NC(N)=NCc2ccc(OCCOc3ccccc3)nc2)cc1C.I. The molecule has 30 heavy (non-hydrogen) atoms. The van der Waals surface area contributed by atoms with Gasteiger partial charge in [0, 0.05) is 18.0 Å². The fourth-order valence-electron chi connectivity index (χ4n) is 2.60. The van der Waals surface area contributed by atoms with Gasteiger partial charge in [0.1, 0.15) is 19.0 Å². The summed E-state index contributed by atoms with van der Waals surface area (Å²) in [5, 5.41) is 3.11. The van der Waals surface area contributed by atoms with Crippen LogP contribution in [0.1, 0.15) is 16.7 Å². The van der Waals surface area contributed by atoms with Gasteiger partial charge < -0.3 is 20.5 Å². The molecule has 0 saturated heterocycles. The standard InChI is InChI=1S/C23H26N4O2.HI/c1-17-8-10-20(14-18(17)2)27-23(24)26-16-19-9-11-22(25-15-19)29-13-12-28-21-6-4-3-5-7-21;/h3-11,14-15H,12-13,16H2,1-2H3,(H3,24,26,27);1H. The van der Waals surface area contributed by atoms with E-state index in [1.807, 2.05) is 54.6 Å². The van der Waals surface area contributed by atoms with E-state index in [4.69, 9.17) is 15.2 Å². The third-order valence-corrected chi connectivity index (χ3v) is 4.35. The summed E-state index contributed by atoms with van der Waals surface area (Å²) in [5.74, 6) is 1.74. The summed E-state index contributed by atoms with van der Waals surface area (Å²) < 4.78 is 11.2. The number of halogens is 1. The normalized spacial score (nSPS) is 10.8. The zero-order valence-electron chi connectivity index (χ0n) is 17.2. The minimum absolute atomic E-state index is 0. The zero-order chi connectivity index (χ0) is 20.5. The molecular weight excluding hydrogens is 491 g/mol. The third-order valence-electron chi connectivity index (χ3n) is 4.35. The van der Waals surface area contributed by atoms with Crippen LogP contribution in [0.5, 0.6) is 11.6 Å². The van der Waals surface area contributed by atoms with Gasteiger partial charge in [-0.05, 0) is 54.8 Å². The second-order valence-electron chi connectivity index (χ2n) is 6.64. The van der Waals surface area contributed by atoms with Crippen molar-refractivity contribution in [3.05, 3.63) is 83.6 Å². The third kappa shape index (κ3) is 7.55. The van der Waals surface area contributed by atoms with E-state index in [0.29, 0.717) is 31.6 Å². The summed E-state index contributed by atoms with van der Waals surface area (Å²) in [6, 6.07) is 19.5. The average molecular weight is 518 g/mol. The molecule has 0 amide bonds. The van der Waals surface area contributed by atoms with Crippen LogP contribution in [0.2, 0.25) is 0 Å². The molecule has 0 spiro atoms. The Bertz CT molecular complexity index is 947. The molecule has 1 aromatic heterocycles. The summed E-state index contributed by atoms with van der Waals surface area (Å²) in [7, 11) is 0. The lowest BCUT2D eigenvalue weighted by Gasteiger charge is -2.09. The van der Waals surface area contributed by atoms with Crippen LogP contribution in [0.4, 0.5) is 5.69 Å². The number of rotatable bonds is 8. The van der Waals surface area contributed by atoms with Gasteiger partial charge >= 0.3 is 0 Å². The Morgan fingerprint density at radius 1 is 0.967 bits per heavy atom. The van der Waals surface area contributed by atoms with E-state index < -0.39 is 0 Å². The summed E-state index contributed by atoms with van der Waals surface area (Å²) in [6.07, 6.45) is 1.74. The molecule has 0 fully saturated rings. The molecule has 1 heterocycles. The maximum absolute atomic E-state index is 5.98. The molecule has 158 valence electrons. The molecule has 0 atom stereocenters. The molecule has 7 heteroatoms. The highest BCUT2D eigenvalue weighted by Gasteiger charge is 2.00. The van der Waals surface area contributed by atoms with Crippen molar-refractivity contribution in [3.63, 3.8) is 0 Å². The molecule has 0 aliphatic heterocycles. The van der Waals surface area contributed by atoms with Gasteiger partial charge in [0.15, 0.2) is 5.96 Å². The second-order valence-corrected chi connectivity index (χ2v) is 6.64. The first kappa shape index (κ1) is 23.5. The molecule has 0 bridgehead atoms. The number of nitrogens with zero attached hydrogens (tertiary/aromatic N) is 2. The fraction of sp³-hybridized carbons (Fsp3) is 0.217. The van der Waals surface area contributed by atoms with E-state index >= 15 is 0 Å². The minimum atomic E-state index is 0. The number of hydrogen-bond acceptors (Lipinski definition) is 4. The van der Waals surface area contributed by atoms with Gasteiger partial charge in [-0.25, -0.2) is 9.98 Å². The number of hydrogen-bond donors (Lipinski definition) is 2. The second kappa shape index (κ2) is 12.0. The van der Waals surface area contributed by atoms with Crippen LogP contribution in [0, 0.1) is 13.8 Å². The number of nitrogens with two attached hydrogens (primary N) is 1. The number of aryl methyl sites for hydroxylation is 2. The van der Waals surface area contributed by atoms with E-state index in [1.165, 1.54) is 11.1 Å².